The molecule has 26 heavy (non-hydrogen) atoms. The van der Waals surface area contributed by atoms with Crippen molar-refractivity contribution in [1.29, 1.82) is 0 Å². The predicted molar refractivity (Wildman–Crippen MR) is 86.4 cm³/mol. The first-order valence-electron chi connectivity index (χ1n) is 8.05. The molecular weight excluding hydrogens is 348 g/mol. The molecule has 1 aliphatic rings. The molecule has 1 aliphatic heterocycles. The minimum absolute atomic E-state index is 0.00294. The summed E-state index contributed by atoms with van der Waals surface area (Å²) in [5, 5.41) is 13.0. The van der Waals surface area contributed by atoms with Crippen LogP contribution in [0.15, 0.2) is 36.7 Å². The Morgan fingerprint density at radius 2 is 1.81 bits per heavy atom. The maximum absolute atomic E-state index is 12.5. The molecule has 3 rings (SSSR count). The lowest BCUT2D eigenvalue weighted by Gasteiger charge is -2.32. The molecule has 2 aromatic rings. The van der Waals surface area contributed by atoms with E-state index in [1.165, 1.54) is 36.7 Å². The number of hydrogen-bond donors (Lipinski definition) is 1. The highest BCUT2D eigenvalue weighted by Gasteiger charge is 2.25. The van der Waals surface area contributed by atoms with Crippen molar-refractivity contribution in [1.82, 2.24) is 14.7 Å². The quantitative estimate of drug-likeness (QED) is 0.881. The summed E-state index contributed by atoms with van der Waals surface area (Å²) < 4.78 is 30.2. The number of carbonyl (C=O) groups excluding carboxylic acids is 1. The second kappa shape index (κ2) is 7.51. The van der Waals surface area contributed by atoms with Crippen LogP contribution in [0.2, 0.25) is 0 Å². The smallest absolute Gasteiger partial charge is 0.387 e. The zero-order valence-corrected chi connectivity index (χ0v) is 13.7. The number of rotatable bonds is 5. The van der Waals surface area contributed by atoms with Gasteiger partial charge in [0.15, 0.2) is 0 Å². The fourth-order valence-corrected chi connectivity index (χ4v) is 2.94. The number of ether oxygens (including phenoxy) is 1. The fourth-order valence-electron chi connectivity index (χ4n) is 2.94. The molecule has 0 unspecified atom stereocenters. The predicted octanol–water partition coefficient (Wildman–Crippen LogP) is 2.66. The third-order valence-electron chi connectivity index (χ3n) is 4.30. The molecule has 0 atom stereocenters. The van der Waals surface area contributed by atoms with Crippen LogP contribution in [0.3, 0.4) is 0 Å². The molecule has 1 fully saturated rings. The van der Waals surface area contributed by atoms with Crippen LogP contribution in [0, 0.1) is 0 Å². The van der Waals surface area contributed by atoms with E-state index in [0.29, 0.717) is 31.5 Å². The van der Waals surface area contributed by atoms with E-state index in [2.05, 4.69) is 9.84 Å². The van der Waals surface area contributed by atoms with Crippen molar-refractivity contribution < 1.29 is 28.2 Å². The molecule has 9 heteroatoms. The Kier molecular flexibility index (Phi) is 5.15. The summed E-state index contributed by atoms with van der Waals surface area (Å²) in [7, 11) is 0. The van der Waals surface area contributed by atoms with Gasteiger partial charge in [-0.05, 0) is 37.1 Å². The van der Waals surface area contributed by atoms with E-state index in [1.54, 1.807) is 9.58 Å². The number of aromatic nitrogens is 2. The molecule has 0 bridgehead atoms. The highest BCUT2D eigenvalue weighted by Crippen LogP contribution is 2.24. The van der Waals surface area contributed by atoms with Crippen molar-refractivity contribution in [2.24, 2.45) is 0 Å². The minimum Gasteiger partial charge on any atom is -0.478 e. The fraction of sp³-hybridized carbons (Fsp3) is 0.353. The number of carbonyl (C=O) groups is 2. The Morgan fingerprint density at radius 1 is 1.15 bits per heavy atom. The lowest BCUT2D eigenvalue weighted by molar-refractivity contribution is -0.0498. The topological polar surface area (TPSA) is 84.7 Å². The van der Waals surface area contributed by atoms with E-state index in [0.717, 1.165) is 0 Å². The summed E-state index contributed by atoms with van der Waals surface area (Å²) in [6.45, 7) is -1.90. The Hall–Kier alpha value is -2.97. The molecule has 1 saturated heterocycles. The summed E-state index contributed by atoms with van der Waals surface area (Å²) in [6, 6.07) is 5.62. The van der Waals surface area contributed by atoms with Gasteiger partial charge in [-0.25, -0.2) is 4.79 Å². The number of amides is 1. The number of hydrogen-bond acceptors (Lipinski definition) is 4. The zero-order valence-electron chi connectivity index (χ0n) is 13.7. The van der Waals surface area contributed by atoms with Crippen molar-refractivity contribution in [3.8, 4) is 5.75 Å². The van der Waals surface area contributed by atoms with Gasteiger partial charge in [0, 0.05) is 24.8 Å². The first-order valence-corrected chi connectivity index (χ1v) is 8.05. The lowest BCUT2D eigenvalue weighted by atomic mass is 10.0. The number of halogens is 2. The van der Waals surface area contributed by atoms with E-state index in [9.17, 15) is 18.4 Å². The summed E-state index contributed by atoms with van der Waals surface area (Å²) in [4.78, 5) is 25.1. The molecule has 1 N–H and O–H groups in total. The lowest BCUT2D eigenvalue weighted by Crippen LogP contribution is -2.39. The molecule has 1 amide bonds. The standard InChI is InChI=1S/C17H17F2N3O4/c18-17(19)26-14-3-1-11(2-4-14)15(23)21-7-5-13(6-8-21)22-10-12(9-20-22)16(24)25/h1-4,9-10,13,17H,5-8H2,(H,24,25). The number of benzene rings is 1. The molecule has 0 spiro atoms. The van der Waals surface area contributed by atoms with Crippen LogP contribution in [-0.2, 0) is 0 Å². The molecule has 0 saturated carbocycles. The maximum atomic E-state index is 12.5. The Morgan fingerprint density at radius 3 is 2.35 bits per heavy atom. The molecule has 138 valence electrons. The van der Waals surface area contributed by atoms with Crippen LogP contribution in [0.5, 0.6) is 5.75 Å². The zero-order chi connectivity index (χ0) is 18.7. The largest absolute Gasteiger partial charge is 0.478 e. The third kappa shape index (κ3) is 3.98. The molecule has 1 aromatic heterocycles. The number of nitrogens with zero attached hydrogens (tertiary/aromatic N) is 3. The van der Waals surface area contributed by atoms with Gasteiger partial charge in [0.25, 0.3) is 5.91 Å². The monoisotopic (exact) mass is 365 g/mol. The summed E-state index contributed by atoms with van der Waals surface area (Å²) >= 11 is 0. The van der Waals surface area contributed by atoms with Gasteiger partial charge in [-0.1, -0.05) is 0 Å². The number of carboxylic acid groups (broad SMARTS) is 1. The van der Waals surface area contributed by atoms with Gasteiger partial charge in [-0.15, -0.1) is 0 Å². The first kappa shape index (κ1) is 17.8. The van der Waals surface area contributed by atoms with Gasteiger partial charge >= 0.3 is 12.6 Å². The van der Waals surface area contributed by atoms with Crippen molar-refractivity contribution in [2.45, 2.75) is 25.5 Å². The van der Waals surface area contributed by atoms with E-state index in [-0.39, 0.29) is 23.3 Å². The van der Waals surface area contributed by atoms with Crippen molar-refractivity contribution in [2.75, 3.05) is 13.1 Å². The average Bonchev–Trinajstić information content (AvgIpc) is 3.12. The number of carboxylic acids is 1. The molecular formula is C17H17F2N3O4. The molecule has 7 nitrogen and oxygen atoms in total. The highest BCUT2D eigenvalue weighted by atomic mass is 19.3. The second-order valence-electron chi connectivity index (χ2n) is 5.94. The van der Waals surface area contributed by atoms with Crippen molar-refractivity contribution in [3.05, 3.63) is 47.8 Å². The SMILES string of the molecule is O=C(O)c1cnn(C2CCN(C(=O)c3ccc(OC(F)F)cc3)CC2)c1. The first-order chi connectivity index (χ1) is 12.4. The third-order valence-corrected chi connectivity index (χ3v) is 4.30. The summed E-state index contributed by atoms with van der Waals surface area (Å²) in [5.74, 6) is -1.20. The number of piperidine rings is 1. The average molecular weight is 365 g/mol. The van der Waals surface area contributed by atoms with Crippen molar-refractivity contribution in [3.63, 3.8) is 0 Å². The number of aromatic carboxylic acids is 1. The van der Waals surface area contributed by atoms with E-state index in [4.69, 9.17) is 5.11 Å². The van der Waals surface area contributed by atoms with E-state index < -0.39 is 12.6 Å². The van der Waals surface area contributed by atoms with E-state index in [1.807, 2.05) is 0 Å². The van der Waals surface area contributed by atoms with Gasteiger partial charge < -0.3 is 14.7 Å². The van der Waals surface area contributed by atoms with Crippen LogP contribution in [0.1, 0.15) is 39.6 Å². The Bertz CT molecular complexity index is 784. The van der Waals surface area contributed by atoms with Gasteiger partial charge in [0.1, 0.15) is 5.75 Å². The van der Waals surface area contributed by atoms with Crippen LogP contribution < -0.4 is 4.74 Å². The van der Waals surface area contributed by atoms with Crippen LogP contribution in [0.4, 0.5) is 8.78 Å². The molecule has 1 aromatic carbocycles. The maximum Gasteiger partial charge on any atom is 0.387 e. The van der Waals surface area contributed by atoms with Crippen LogP contribution >= 0.6 is 0 Å². The van der Waals surface area contributed by atoms with Crippen LogP contribution in [0.25, 0.3) is 0 Å². The second-order valence-corrected chi connectivity index (χ2v) is 5.94. The minimum atomic E-state index is -2.90. The van der Waals surface area contributed by atoms with E-state index >= 15 is 0 Å². The van der Waals surface area contributed by atoms with Gasteiger partial charge in [-0.2, -0.15) is 13.9 Å². The normalized spacial score (nSPS) is 15.3. The summed E-state index contributed by atoms with van der Waals surface area (Å²) in [5.41, 5.74) is 0.534. The number of likely N-dealkylation sites (tertiary alicyclic amines) is 1. The summed E-state index contributed by atoms with van der Waals surface area (Å²) in [6.07, 6.45) is 4.10. The van der Waals surface area contributed by atoms with Gasteiger partial charge in [-0.3, -0.25) is 9.48 Å². The highest BCUT2D eigenvalue weighted by molar-refractivity contribution is 5.94. The number of alkyl halides is 2. The van der Waals surface area contributed by atoms with Crippen LogP contribution in [-0.4, -0.2) is 51.4 Å². The molecule has 0 radical (unpaired) electrons. The Labute approximate surface area is 147 Å². The van der Waals surface area contributed by atoms with Gasteiger partial charge in [0.05, 0.1) is 17.8 Å². The van der Waals surface area contributed by atoms with Crippen molar-refractivity contribution >= 4 is 11.9 Å². The Balaban J connectivity index is 1.58. The van der Waals surface area contributed by atoms with Gasteiger partial charge in [0.2, 0.25) is 0 Å². The molecule has 2 heterocycles. The molecule has 0 aliphatic carbocycles.